The SMILES string of the molecule is COc1ccc(S(=O)(=O)N2CCC[C@@H](C)C2)cc1N1CCN(C(=O)c2ccc(F)cc2F)CC1. The standard InChI is InChI=1S/C24H29F2N3O4S/c1-17-4-3-9-29(16-17)34(31,32)19-6-8-23(33-2)22(15-19)27-10-12-28(13-11-27)24(30)20-7-5-18(25)14-21(20)26/h5-8,14-15,17H,3-4,9-13,16H2,1-2H3/t17-/m1/s1. The smallest absolute Gasteiger partial charge is 0.256 e. The molecule has 0 aromatic heterocycles. The van der Waals surface area contributed by atoms with Crippen molar-refractivity contribution < 1.29 is 26.7 Å². The molecular formula is C24H29F2N3O4S. The van der Waals surface area contributed by atoms with Crippen LogP contribution < -0.4 is 9.64 Å². The van der Waals surface area contributed by atoms with E-state index in [2.05, 4.69) is 6.92 Å². The number of carbonyl (C=O) groups is 1. The van der Waals surface area contributed by atoms with Crippen LogP contribution in [0.3, 0.4) is 0 Å². The number of methoxy groups -OCH3 is 1. The van der Waals surface area contributed by atoms with Crippen molar-refractivity contribution in [1.82, 2.24) is 9.21 Å². The van der Waals surface area contributed by atoms with E-state index in [4.69, 9.17) is 4.74 Å². The molecule has 2 aliphatic heterocycles. The highest BCUT2D eigenvalue weighted by molar-refractivity contribution is 7.89. The van der Waals surface area contributed by atoms with Crippen LogP contribution in [0.5, 0.6) is 5.75 Å². The molecule has 10 heteroatoms. The number of amides is 1. The summed E-state index contributed by atoms with van der Waals surface area (Å²) in [5.74, 6) is -1.27. The molecule has 2 heterocycles. The van der Waals surface area contributed by atoms with Gasteiger partial charge < -0.3 is 14.5 Å². The molecule has 1 amide bonds. The fraction of sp³-hybridized carbons (Fsp3) is 0.458. The number of benzene rings is 2. The third kappa shape index (κ3) is 4.88. The van der Waals surface area contributed by atoms with E-state index in [0.717, 1.165) is 25.0 Å². The number of hydrogen-bond donors (Lipinski definition) is 0. The highest BCUT2D eigenvalue weighted by atomic mass is 32.2. The molecule has 7 nitrogen and oxygen atoms in total. The second kappa shape index (κ2) is 9.87. The van der Waals surface area contributed by atoms with Crippen molar-refractivity contribution in [3.05, 3.63) is 53.6 Å². The Morgan fingerprint density at radius 1 is 1.03 bits per heavy atom. The number of piperidine rings is 1. The highest BCUT2D eigenvalue weighted by Gasteiger charge is 2.31. The number of halogens is 2. The van der Waals surface area contributed by atoms with Crippen LogP contribution in [0.25, 0.3) is 0 Å². The van der Waals surface area contributed by atoms with E-state index in [9.17, 15) is 22.0 Å². The lowest BCUT2D eigenvalue weighted by Gasteiger charge is -2.37. The Bertz CT molecular complexity index is 1170. The molecule has 0 radical (unpaired) electrons. The first kappa shape index (κ1) is 24.4. The fourth-order valence-corrected chi connectivity index (χ4v) is 6.19. The van der Waals surface area contributed by atoms with Crippen LogP contribution in [-0.4, -0.2) is 69.9 Å². The molecule has 2 aromatic rings. The van der Waals surface area contributed by atoms with Gasteiger partial charge in [-0.15, -0.1) is 0 Å². The van der Waals surface area contributed by atoms with Crippen LogP contribution in [0.1, 0.15) is 30.1 Å². The maximum Gasteiger partial charge on any atom is 0.256 e. The first-order chi connectivity index (χ1) is 16.2. The number of anilines is 1. The van der Waals surface area contributed by atoms with Gasteiger partial charge in [-0.05, 0) is 49.1 Å². The van der Waals surface area contributed by atoms with Gasteiger partial charge in [-0.1, -0.05) is 6.92 Å². The summed E-state index contributed by atoms with van der Waals surface area (Å²) >= 11 is 0. The Hall–Kier alpha value is -2.72. The Balaban J connectivity index is 1.52. The molecule has 184 valence electrons. The molecule has 2 aromatic carbocycles. The predicted molar refractivity (Wildman–Crippen MR) is 125 cm³/mol. The molecule has 0 N–H and O–H groups in total. The van der Waals surface area contributed by atoms with E-state index in [-0.39, 0.29) is 10.5 Å². The molecule has 0 bridgehead atoms. The third-order valence-electron chi connectivity index (χ3n) is 6.48. The average molecular weight is 494 g/mol. The van der Waals surface area contributed by atoms with E-state index in [0.29, 0.717) is 62.7 Å². The Labute approximate surface area is 199 Å². The van der Waals surface area contributed by atoms with Gasteiger partial charge in [0.15, 0.2) is 0 Å². The number of ether oxygens (including phenoxy) is 1. The van der Waals surface area contributed by atoms with Crippen molar-refractivity contribution in [3.8, 4) is 5.75 Å². The third-order valence-corrected chi connectivity index (χ3v) is 8.34. The van der Waals surface area contributed by atoms with Crippen LogP contribution in [-0.2, 0) is 10.0 Å². The lowest BCUT2D eigenvalue weighted by atomic mass is 10.0. The number of hydrogen-bond acceptors (Lipinski definition) is 5. The maximum atomic E-state index is 14.1. The monoisotopic (exact) mass is 493 g/mol. The van der Waals surface area contributed by atoms with Gasteiger partial charge in [0.05, 0.1) is 23.3 Å². The highest BCUT2D eigenvalue weighted by Crippen LogP contribution is 2.34. The summed E-state index contributed by atoms with van der Waals surface area (Å²) in [6.45, 7) is 4.50. The fourth-order valence-electron chi connectivity index (χ4n) is 4.57. The predicted octanol–water partition coefficient (Wildman–Crippen LogP) is 3.36. The molecule has 2 fully saturated rings. The second-order valence-corrected chi connectivity index (χ2v) is 10.8. The summed E-state index contributed by atoms with van der Waals surface area (Å²) in [7, 11) is -2.11. The van der Waals surface area contributed by atoms with Crippen molar-refractivity contribution in [3.63, 3.8) is 0 Å². The average Bonchev–Trinajstić information content (AvgIpc) is 2.83. The molecule has 2 saturated heterocycles. The number of carbonyl (C=O) groups excluding carboxylic acids is 1. The van der Waals surface area contributed by atoms with E-state index in [1.807, 2.05) is 4.90 Å². The number of sulfonamides is 1. The minimum atomic E-state index is -3.64. The summed E-state index contributed by atoms with van der Waals surface area (Å²) in [6.07, 6.45) is 1.86. The zero-order valence-electron chi connectivity index (χ0n) is 19.3. The number of rotatable bonds is 5. The Kier molecular flexibility index (Phi) is 7.09. The minimum Gasteiger partial charge on any atom is -0.495 e. The van der Waals surface area contributed by atoms with Gasteiger partial charge in [0.2, 0.25) is 10.0 Å². The molecule has 0 spiro atoms. The normalized spacial score (nSPS) is 19.8. The lowest BCUT2D eigenvalue weighted by molar-refractivity contribution is 0.0742. The number of nitrogens with zero attached hydrogens (tertiary/aromatic N) is 3. The van der Waals surface area contributed by atoms with Crippen LogP contribution in [0.15, 0.2) is 41.3 Å². The van der Waals surface area contributed by atoms with E-state index in [1.165, 1.54) is 12.0 Å². The largest absolute Gasteiger partial charge is 0.495 e. The number of piperazine rings is 1. The van der Waals surface area contributed by atoms with Crippen molar-refractivity contribution >= 4 is 21.6 Å². The zero-order valence-corrected chi connectivity index (χ0v) is 20.2. The van der Waals surface area contributed by atoms with Gasteiger partial charge in [0, 0.05) is 45.3 Å². The van der Waals surface area contributed by atoms with Gasteiger partial charge in [-0.3, -0.25) is 4.79 Å². The Morgan fingerprint density at radius 2 is 1.76 bits per heavy atom. The van der Waals surface area contributed by atoms with Gasteiger partial charge in [-0.2, -0.15) is 4.31 Å². The second-order valence-electron chi connectivity index (χ2n) is 8.85. The van der Waals surface area contributed by atoms with Crippen molar-refractivity contribution in [2.45, 2.75) is 24.7 Å². The van der Waals surface area contributed by atoms with Crippen LogP contribution in [0.2, 0.25) is 0 Å². The molecule has 34 heavy (non-hydrogen) atoms. The molecule has 0 saturated carbocycles. The maximum absolute atomic E-state index is 14.1. The molecular weight excluding hydrogens is 464 g/mol. The first-order valence-corrected chi connectivity index (χ1v) is 12.8. The summed E-state index contributed by atoms with van der Waals surface area (Å²) in [5.41, 5.74) is 0.463. The summed E-state index contributed by atoms with van der Waals surface area (Å²) in [4.78, 5) is 16.4. The molecule has 1 atom stereocenters. The van der Waals surface area contributed by atoms with E-state index >= 15 is 0 Å². The van der Waals surface area contributed by atoms with Gasteiger partial charge in [-0.25, -0.2) is 17.2 Å². The van der Waals surface area contributed by atoms with Gasteiger partial charge in [0.1, 0.15) is 17.4 Å². The van der Waals surface area contributed by atoms with Crippen LogP contribution >= 0.6 is 0 Å². The topological polar surface area (TPSA) is 70.2 Å². The van der Waals surface area contributed by atoms with Crippen LogP contribution in [0, 0.1) is 17.6 Å². The quantitative estimate of drug-likeness (QED) is 0.639. The van der Waals surface area contributed by atoms with E-state index < -0.39 is 27.6 Å². The molecule has 2 aliphatic rings. The van der Waals surface area contributed by atoms with Crippen LogP contribution in [0.4, 0.5) is 14.5 Å². The van der Waals surface area contributed by atoms with E-state index in [1.54, 1.807) is 22.5 Å². The summed E-state index contributed by atoms with van der Waals surface area (Å²) < 4.78 is 60.8. The van der Waals surface area contributed by atoms with Crippen molar-refractivity contribution in [2.75, 3.05) is 51.3 Å². The Morgan fingerprint density at radius 3 is 2.41 bits per heavy atom. The lowest BCUT2D eigenvalue weighted by Crippen LogP contribution is -2.49. The summed E-state index contributed by atoms with van der Waals surface area (Å²) in [6, 6.07) is 7.76. The minimum absolute atomic E-state index is 0.170. The molecule has 4 rings (SSSR count). The van der Waals surface area contributed by atoms with Crippen molar-refractivity contribution in [2.24, 2.45) is 5.92 Å². The van der Waals surface area contributed by atoms with Gasteiger partial charge in [0.25, 0.3) is 5.91 Å². The first-order valence-electron chi connectivity index (χ1n) is 11.4. The van der Waals surface area contributed by atoms with Gasteiger partial charge >= 0.3 is 0 Å². The molecule has 0 aliphatic carbocycles. The van der Waals surface area contributed by atoms with Crippen molar-refractivity contribution in [1.29, 1.82) is 0 Å². The zero-order chi connectivity index (χ0) is 24.5. The summed E-state index contributed by atoms with van der Waals surface area (Å²) in [5, 5.41) is 0. The molecule has 0 unspecified atom stereocenters.